The molecule has 3 aromatic rings. The molecule has 2 fully saturated rings. The van der Waals surface area contributed by atoms with E-state index in [1.165, 1.54) is 35.7 Å². The van der Waals surface area contributed by atoms with E-state index < -0.39 is 23.2 Å². The number of pyridine rings is 2. The molecule has 2 atom stereocenters. The van der Waals surface area contributed by atoms with Crippen molar-refractivity contribution >= 4 is 6.47 Å². The first-order valence-electron chi connectivity index (χ1n) is 14.3. The van der Waals surface area contributed by atoms with Crippen LogP contribution in [0.5, 0.6) is 11.8 Å². The molecule has 7 nitrogen and oxygen atoms in total. The first kappa shape index (κ1) is 32.2. The zero-order valence-electron chi connectivity index (χ0n) is 24.5. The number of aliphatic hydroxyl groups is 1. The van der Waals surface area contributed by atoms with Crippen molar-refractivity contribution in [2.45, 2.75) is 77.7 Å². The van der Waals surface area contributed by atoms with Gasteiger partial charge in [-0.15, -0.1) is 0 Å². The summed E-state index contributed by atoms with van der Waals surface area (Å²) in [4.78, 5) is 17.0. The molecule has 2 saturated carbocycles. The Kier molecular flexibility index (Phi) is 9.63. The Hall–Kier alpha value is -3.73. The third-order valence-corrected chi connectivity index (χ3v) is 7.95. The highest BCUT2D eigenvalue weighted by molar-refractivity contribution is 5.71. The van der Waals surface area contributed by atoms with Gasteiger partial charge in [0.25, 0.3) is 6.47 Å². The second kappa shape index (κ2) is 12.9. The van der Waals surface area contributed by atoms with Crippen LogP contribution < -0.4 is 9.47 Å². The van der Waals surface area contributed by atoms with Gasteiger partial charge in [-0.3, -0.25) is 4.79 Å². The van der Waals surface area contributed by atoms with E-state index in [4.69, 9.17) is 19.4 Å². The lowest BCUT2D eigenvalue weighted by Crippen LogP contribution is -2.43. The molecule has 3 aliphatic rings. The minimum absolute atomic E-state index is 0.00471. The summed E-state index contributed by atoms with van der Waals surface area (Å²) in [6.07, 6.45) is 0.456. The second-order valence-corrected chi connectivity index (χ2v) is 11.3. The molecule has 11 heteroatoms. The van der Waals surface area contributed by atoms with Gasteiger partial charge in [-0.2, -0.15) is 13.2 Å². The minimum atomic E-state index is -4.76. The van der Waals surface area contributed by atoms with Crippen molar-refractivity contribution in [2.75, 3.05) is 6.61 Å². The highest BCUT2D eigenvalue weighted by Gasteiger charge is 2.45. The maximum Gasteiger partial charge on any atom is 0.417 e. The van der Waals surface area contributed by atoms with Crippen LogP contribution in [-0.4, -0.2) is 38.9 Å². The fourth-order valence-electron chi connectivity index (χ4n) is 5.96. The highest BCUT2D eigenvalue weighted by Crippen LogP contribution is 2.56. The van der Waals surface area contributed by atoms with Gasteiger partial charge in [0.1, 0.15) is 12.4 Å². The summed E-state index contributed by atoms with van der Waals surface area (Å²) in [7, 11) is 0. The number of carboxylic acid groups (broad SMARTS) is 1. The Morgan fingerprint density at radius 1 is 1.09 bits per heavy atom. The van der Waals surface area contributed by atoms with E-state index in [0.29, 0.717) is 48.9 Å². The summed E-state index contributed by atoms with van der Waals surface area (Å²) >= 11 is 0. The predicted octanol–water partition coefficient (Wildman–Crippen LogP) is 7.12. The predicted molar refractivity (Wildman–Crippen MR) is 151 cm³/mol. The van der Waals surface area contributed by atoms with Crippen LogP contribution in [0.4, 0.5) is 17.6 Å². The number of alkyl halides is 3. The number of hydrogen-bond donors (Lipinski definition) is 2. The van der Waals surface area contributed by atoms with Crippen molar-refractivity contribution in [3.63, 3.8) is 0 Å². The van der Waals surface area contributed by atoms with E-state index in [0.717, 1.165) is 6.42 Å². The van der Waals surface area contributed by atoms with Gasteiger partial charge < -0.3 is 19.7 Å². The van der Waals surface area contributed by atoms with Gasteiger partial charge >= 0.3 is 6.18 Å². The molecule has 0 aliphatic heterocycles. The number of carbonyl (C=O) groups is 1. The van der Waals surface area contributed by atoms with Crippen molar-refractivity contribution in [3.05, 3.63) is 70.3 Å². The van der Waals surface area contributed by atoms with E-state index in [9.17, 15) is 22.7 Å². The summed E-state index contributed by atoms with van der Waals surface area (Å²) in [5.74, 6) is 1.10. The molecule has 1 aromatic carbocycles. The summed E-state index contributed by atoms with van der Waals surface area (Å²) in [5, 5.41) is 16.8. The molecule has 3 aliphatic carbocycles. The topological polar surface area (TPSA) is 102 Å². The lowest BCUT2D eigenvalue weighted by molar-refractivity contribution is -0.137. The second-order valence-electron chi connectivity index (χ2n) is 11.3. The van der Waals surface area contributed by atoms with Crippen LogP contribution in [0.2, 0.25) is 0 Å². The van der Waals surface area contributed by atoms with Gasteiger partial charge in [-0.1, -0.05) is 13.8 Å². The number of rotatable bonds is 7. The molecular formula is C32H36F4N2O5. The zero-order valence-corrected chi connectivity index (χ0v) is 24.5. The number of nitrogens with zero attached hydrogens (tertiary/aromatic N) is 2. The van der Waals surface area contributed by atoms with Crippen molar-refractivity contribution < 1.29 is 42.0 Å². The SMILES string of the molecule is CC.Cc1nc(OCC2CC(C)(O)C2)ccc1-c1cc(COc2cc3c(cn2)C2CC2C3)c(F)cc1C(F)(F)F.O=CO. The Balaban J connectivity index is 0.000000798. The van der Waals surface area contributed by atoms with Crippen LogP contribution in [0.1, 0.15) is 73.9 Å². The summed E-state index contributed by atoms with van der Waals surface area (Å²) in [6, 6.07) is 6.57. The molecule has 43 heavy (non-hydrogen) atoms. The van der Waals surface area contributed by atoms with Crippen molar-refractivity contribution in [2.24, 2.45) is 11.8 Å². The molecule has 0 saturated heterocycles. The minimum Gasteiger partial charge on any atom is -0.483 e. The number of aryl methyl sites for hydroxylation is 1. The monoisotopic (exact) mass is 604 g/mol. The number of aromatic nitrogens is 2. The molecular weight excluding hydrogens is 568 g/mol. The molecule has 232 valence electrons. The van der Waals surface area contributed by atoms with E-state index in [1.807, 2.05) is 19.9 Å². The van der Waals surface area contributed by atoms with Crippen LogP contribution in [0.15, 0.2) is 36.5 Å². The molecule has 2 heterocycles. The number of hydrogen-bond acceptors (Lipinski definition) is 6. The van der Waals surface area contributed by atoms with Gasteiger partial charge in [0.05, 0.1) is 17.8 Å². The van der Waals surface area contributed by atoms with Crippen LogP contribution in [0, 0.1) is 24.6 Å². The summed E-state index contributed by atoms with van der Waals surface area (Å²) < 4.78 is 68.0. The smallest absolute Gasteiger partial charge is 0.417 e. The quantitative estimate of drug-likeness (QED) is 0.219. The highest BCUT2D eigenvalue weighted by atomic mass is 19.4. The number of halogens is 4. The van der Waals surface area contributed by atoms with Gasteiger partial charge in [0.15, 0.2) is 0 Å². The van der Waals surface area contributed by atoms with Gasteiger partial charge in [-0.25, -0.2) is 14.4 Å². The Morgan fingerprint density at radius 2 is 1.79 bits per heavy atom. The number of benzene rings is 1. The number of fused-ring (bicyclic) bond motifs is 3. The van der Waals surface area contributed by atoms with Crippen molar-refractivity contribution in [3.8, 4) is 22.9 Å². The lowest BCUT2D eigenvalue weighted by atomic mass is 9.73. The molecule has 2 N–H and O–H groups in total. The largest absolute Gasteiger partial charge is 0.483 e. The fourth-order valence-corrected chi connectivity index (χ4v) is 5.96. The van der Waals surface area contributed by atoms with Gasteiger partial charge in [-0.05, 0) is 92.2 Å². The number of ether oxygens (including phenoxy) is 2. The summed E-state index contributed by atoms with van der Waals surface area (Å²) in [6.45, 7) is 7.22. The first-order chi connectivity index (χ1) is 20.4. The van der Waals surface area contributed by atoms with Gasteiger partial charge in [0, 0.05) is 35.2 Å². The maximum atomic E-state index is 14.8. The van der Waals surface area contributed by atoms with Crippen molar-refractivity contribution in [1.29, 1.82) is 0 Å². The normalized spacial score (nSPS) is 22.9. The zero-order chi connectivity index (χ0) is 31.5. The van der Waals surface area contributed by atoms with Crippen molar-refractivity contribution in [1.82, 2.24) is 9.97 Å². The van der Waals surface area contributed by atoms with Crippen LogP contribution in [-0.2, 0) is 24.0 Å². The van der Waals surface area contributed by atoms with Crippen LogP contribution >= 0.6 is 0 Å². The average Bonchev–Trinajstić information content (AvgIpc) is 3.61. The van der Waals surface area contributed by atoms with E-state index in [2.05, 4.69) is 9.97 Å². The van der Waals surface area contributed by atoms with Crippen LogP contribution in [0.25, 0.3) is 11.1 Å². The molecule has 2 aromatic heterocycles. The Labute approximate surface area is 247 Å². The first-order valence-corrected chi connectivity index (χ1v) is 14.3. The third-order valence-electron chi connectivity index (χ3n) is 7.95. The molecule has 6 rings (SSSR count). The van der Waals surface area contributed by atoms with E-state index in [-0.39, 0.29) is 41.6 Å². The molecule has 0 amide bonds. The summed E-state index contributed by atoms with van der Waals surface area (Å²) in [5.41, 5.74) is 1.04. The Bertz CT molecular complexity index is 1450. The van der Waals surface area contributed by atoms with Gasteiger partial charge in [0.2, 0.25) is 11.8 Å². The Morgan fingerprint density at radius 3 is 2.42 bits per heavy atom. The molecule has 2 unspecified atom stereocenters. The standard InChI is InChI=1S/C29H28F4N2O3.C2H6.CH2O2/c1-15-20(3-4-26(35-15)37-13-16-10-28(2,36)11-16)22-7-19(25(30)9-24(22)29(31,32)33)14-38-27-8-18-5-17-6-21(17)23(18)12-34-27;1-2;2-1-3/h3-4,7-9,12,16-17,21,36H,5-6,10-11,13-14H2,1-2H3;1-2H3;1H,(H,2,3). The fraction of sp³-hybridized carbons (Fsp3) is 0.469. The van der Waals surface area contributed by atoms with E-state index in [1.54, 1.807) is 20.0 Å². The third kappa shape index (κ3) is 7.44. The maximum absolute atomic E-state index is 14.8. The van der Waals surface area contributed by atoms with E-state index >= 15 is 0 Å². The molecule has 0 spiro atoms. The average molecular weight is 605 g/mol. The molecule has 0 bridgehead atoms. The lowest BCUT2D eigenvalue weighted by Gasteiger charge is -2.40. The van der Waals surface area contributed by atoms with Crippen LogP contribution in [0.3, 0.4) is 0 Å². The molecule has 0 radical (unpaired) electrons.